The van der Waals surface area contributed by atoms with Crippen LogP contribution in [0.1, 0.15) is 18.9 Å². The number of carbonyl (C=O) groups is 1. The summed E-state index contributed by atoms with van der Waals surface area (Å²) in [6, 6.07) is 9.78. The van der Waals surface area contributed by atoms with Gasteiger partial charge < -0.3 is 15.3 Å². The van der Waals surface area contributed by atoms with Crippen LogP contribution in [0.4, 0.5) is 5.69 Å². The van der Waals surface area contributed by atoms with Crippen molar-refractivity contribution in [1.82, 2.24) is 5.32 Å². The van der Waals surface area contributed by atoms with E-state index in [2.05, 4.69) is 23.2 Å². The number of nitrogens with one attached hydrogen (secondary N) is 1. The minimum Gasteiger partial charge on any atom is -0.481 e. The van der Waals surface area contributed by atoms with Crippen molar-refractivity contribution in [3.8, 4) is 6.07 Å². The summed E-state index contributed by atoms with van der Waals surface area (Å²) in [5.74, 6) is -0.794. The molecule has 0 bridgehead atoms. The van der Waals surface area contributed by atoms with Gasteiger partial charge >= 0.3 is 5.97 Å². The maximum Gasteiger partial charge on any atom is 0.304 e. The average Bonchev–Trinajstić information content (AvgIpc) is 2.40. The van der Waals surface area contributed by atoms with Crippen molar-refractivity contribution >= 4 is 11.7 Å². The van der Waals surface area contributed by atoms with Crippen molar-refractivity contribution in [1.29, 1.82) is 5.26 Å². The minimum atomic E-state index is -0.794. The lowest BCUT2D eigenvalue weighted by atomic mass is 10.1. The SMILES string of the molecule is CC1CNC(CC(=O)O)CN1c1cccc(C#N)c1. The smallest absolute Gasteiger partial charge is 0.304 e. The molecule has 0 amide bonds. The predicted octanol–water partition coefficient (Wildman–Crippen LogP) is 1.20. The monoisotopic (exact) mass is 259 g/mol. The summed E-state index contributed by atoms with van der Waals surface area (Å²) in [6.07, 6.45) is 0.112. The molecule has 0 radical (unpaired) electrons. The zero-order chi connectivity index (χ0) is 13.8. The summed E-state index contributed by atoms with van der Waals surface area (Å²) in [6.45, 7) is 3.47. The van der Waals surface area contributed by atoms with Gasteiger partial charge in [-0.05, 0) is 25.1 Å². The molecule has 19 heavy (non-hydrogen) atoms. The third-order valence-corrected chi connectivity index (χ3v) is 3.38. The van der Waals surface area contributed by atoms with Crippen molar-refractivity contribution in [2.45, 2.75) is 25.4 Å². The molecule has 100 valence electrons. The second-order valence-electron chi connectivity index (χ2n) is 4.87. The molecule has 1 saturated heterocycles. The quantitative estimate of drug-likeness (QED) is 0.853. The largest absolute Gasteiger partial charge is 0.481 e. The first-order valence-electron chi connectivity index (χ1n) is 6.32. The second kappa shape index (κ2) is 5.72. The fraction of sp³-hybridized carbons (Fsp3) is 0.429. The van der Waals surface area contributed by atoms with Crippen LogP contribution in [0.25, 0.3) is 0 Å². The molecule has 0 aromatic heterocycles. The van der Waals surface area contributed by atoms with Crippen LogP contribution >= 0.6 is 0 Å². The van der Waals surface area contributed by atoms with Gasteiger partial charge in [0.2, 0.25) is 0 Å². The molecule has 1 aromatic rings. The fourth-order valence-electron chi connectivity index (χ4n) is 2.39. The van der Waals surface area contributed by atoms with E-state index in [1.807, 2.05) is 18.2 Å². The number of aliphatic carboxylic acids is 1. The fourth-order valence-corrected chi connectivity index (χ4v) is 2.39. The van der Waals surface area contributed by atoms with E-state index in [1.165, 1.54) is 0 Å². The molecule has 1 heterocycles. The summed E-state index contributed by atoms with van der Waals surface area (Å²) in [5.41, 5.74) is 1.60. The summed E-state index contributed by atoms with van der Waals surface area (Å²) in [5, 5.41) is 21.0. The molecule has 1 fully saturated rings. The van der Waals surface area contributed by atoms with E-state index in [4.69, 9.17) is 10.4 Å². The van der Waals surface area contributed by atoms with Crippen LogP contribution in [0, 0.1) is 11.3 Å². The molecule has 1 aromatic carbocycles. The van der Waals surface area contributed by atoms with Gasteiger partial charge in [-0.3, -0.25) is 4.79 Å². The van der Waals surface area contributed by atoms with Crippen molar-refractivity contribution in [2.75, 3.05) is 18.0 Å². The number of nitrogens with zero attached hydrogens (tertiary/aromatic N) is 2. The molecule has 1 aliphatic heterocycles. The van der Waals surface area contributed by atoms with Crippen LogP contribution in [0.2, 0.25) is 0 Å². The molecule has 2 N–H and O–H groups in total. The van der Waals surface area contributed by atoms with E-state index in [1.54, 1.807) is 6.07 Å². The van der Waals surface area contributed by atoms with Gasteiger partial charge in [-0.1, -0.05) is 6.07 Å². The highest BCUT2D eigenvalue weighted by atomic mass is 16.4. The highest BCUT2D eigenvalue weighted by Crippen LogP contribution is 2.21. The average molecular weight is 259 g/mol. The Kier molecular flexibility index (Phi) is 4.03. The van der Waals surface area contributed by atoms with E-state index in [-0.39, 0.29) is 18.5 Å². The zero-order valence-corrected chi connectivity index (χ0v) is 10.8. The summed E-state index contributed by atoms with van der Waals surface area (Å²) < 4.78 is 0. The maximum atomic E-state index is 10.8. The Labute approximate surface area is 112 Å². The molecular weight excluding hydrogens is 242 g/mol. The van der Waals surface area contributed by atoms with Gasteiger partial charge in [-0.15, -0.1) is 0 Å². The Morgan fingerprint density at radius 3 is 3.11 bits per heavy atom. The lowest BCUT2D eigenvalue weighted by Gasteiger charge is -2.40. The molecule has 0 aliphatic carbocycles. The van der Waals surface area contributed by atoms with Crippen molar-refractivity contribution in [3.05, 3.63) is 29.8 Å². The van der Waals surface area contributed by atoms with Gasteiger partial charge in [0.15, 0.2) is 0 Å². The van der Waals surface area contributed by atoms with Crippen LogP contribution in [0.15, 0.2) is 24.3 Å². The van der Waals surface area contributed by atoms with Crippen LogP contribution in [-0.2, 0) is 4.79 Å². The van der Waals surface area contributed by atoms with E-state index < -0.39 is 5.97 Å². The second-order valence-corrected chi connectivity index (χ2v) is 4.87. The number of hydrogen-bond acceptors (Lipinski definition) is 4. The van der Waals surface area contributed by atoms with Crippen molar-refractivity contribution in [2.24, 2.45) is 0 Å². The molecular formula is C14H17N3O2. The van der Waals surface area contributed by atoms with Gasteiger partial charge in [0.1, 0.15) is 0 Å². The molecule has 0 saturated carbocycles. The maximum absolute atomic E-state index is 10.8. The number of hydrogen-bond donors (Lipinski definition) is 2. The van der Waals surface area contributed by atoms with Crippen LogP contribution in [0.5, 0.6) is 0 Å². The number of rotatable bonds is 3. The Bertz CT molecular complexity index is 510. The highest BCUT2D eigenvalue weighted by molar-refractivity contribution is 5.68. The highest BCUT2D eigenvalue weighted by Gasteiger charge is 2.26. The third kappa shape index (κ3) is 3.24. The number of nitriles is 1. The number of carboxylic acids is 1. The molecule has 5 heteroatoms. The molecule has 2 unspecified atom stereocenters. The molecule has 2 atom stereocenters. The van der Waals surface area contributed by atoms with Gasteiger partial charge in [0.05, 0.1) is 18.1 Å². The molecule has 1 aliphatic rings. The number of carboxylic acid groups (broad SMARTS) is 1. The van der Waals surface area contributed by atoms with Gasteiger partial charge in [0, 0.05) is 30.9 Å². The molecule has 0 spiro atoms. The van der Waals surface area contributed by atoms with Crippen LogP contribution in [0.3, 0.4) is 0 Å². The predicted molar refractivity (Wildman–Crippen MR) is 72.0 cm³/mol. The third-order valence-electron chi connectivity index (χ3n) is 3.38. The van der Waals surface area contributed by atoms with Gasteiger partial charge in [0.25, 0.3) is 0 Å². The zero-order valence-electron chi connectivity index (χ0n) is 10.8. The molecule has 2 rings (SSSR count). The Balaban J connectivity index is 2.16. The minimum absolute atomic E-state index is 0.0561. The summed E-state index contributed by atoms with van der Waals surface area (Å²) in [7, 11) is 0. The van der Waals surface area contributed by atoms with Crippen molar-refractivity contribution < 1.29 is 9.90 Å². The van der Waals surface area contributed by atoms with E-state index in [0.717, 1.165) is 12.2 Å². The van der Waals surface area contributed by atoms with Crippen LogP contribution < -0.4 is 10.2 Å². The van der Waals surface area contributed by atoms with Gasteiger partial charge in [-0.2, -0.15) is 5.26 Å². The number of piperazine rings is 1. The Hall–Kier alpha value is -2.06. The Morgan fingerprint density at radius 1 is 1.63 bits per heavy atom. The number of anilines is 1. The van der Waals surface area contributed by atoms with E-state index in [9.17, 15) is 4.79 Å². The van der Waals surface area contributed by atoms with E-state index in [0.29, 0.717) is 12.1 Å². The first-order chi connectivity index (χ1) is 9.10. The Morgan fingerprint density at radius 2 is 2.42 bits per heavy atom. The first kappa shape index (κ1) is 13.4. The normalized spacial score (nSPS) is 22.8. The van der Waals surface area contributed by atoms with E-state index >= 15 is 0 Å². The summed E-state index contributed by atoms with van der Waals surface area (Å²) in [4.78, 5) is 12.9. The lowest BCUT2D eigenvalue weighted by Crippen LogP contribution is -2.56. The van der Waals surface area contributed by atoms with Crippen LogP contribution in [-0.4, -0.2) is 36.2 Å². The topological polar surface area (TPSA) is 76.4 Å². The lowest BCUT2D eigenvalue weighted by molar-refractivity contribution is -0.137. The number of benzene rings is 1. The summed E-state index contributed by atoms with van der Waals surface area (Å²) >= 11 is 0. The van der Waals surface area contributed by atoms with Gasteiger partial charge in [-0.25, -0.2) is 0 Å². The first-order valence-corrected chi connectivity index (χ1v) is 6.32. The standard InChI is InChI=1S/C14H17N3O2/c1-10-8-16-12(6-14(18)19)9-17(10)13-4-2-3-11(5-13)7-15/h2-5,10,12,16H,6,8-9H2,1H3,(H,18,19). The molecule has 5 nitrogen and oxygen atoms in total. The van der Waals surface area contributed by atoms with Crippen molar-refractivity contribution in [3.63, 3.8) is 0 Å².